The van der Waals surface area contributed by atoms with Crippen LogP contribution in [0.5, 0.6) is 0 Å². The van der Waals surface area contributed by atoms with Gasteiger partial charge >= 0.3 is 5.97 Å². The SMILES string of the molecule is Cc1cc(C(=O)Nc2cccc(CC(=O)O)c2)c(C)n1C1CCCCC1. The van der Waals surface area contributed by atoms with Crippen LogP contribution in [0, 0.1) is 13.8 Å². The van der Waals surface area contributed by atoms with Gasteiger partial charge in [-0.25, -0.2) is 0 Å². The molecule has 1 aliphatic carbocycles. The predicted molar refractivity (Wildman–Crippen MR) is 102 cm³/mol. The van der Waals surface area contributed by atoms with Crippen molar-refractivity contribution in [1.82, 2.24) is 4.57 Å². The summed E-state index contributed by atoms with van der Waals surface area (Å²) in [7, 11) is 0. The van der Waals surface area contributed by atoms with Crippen LogP contribution in [-0.2, 0) is 11.2 Å². The van der Waals surface area contributed by atoms with E-state index in [-0.39, 0.29) is 12.3 Å². The Labute approximate surface area is 154 Å². The van der Waals surface area contributed by atoms with E-state index in [9.17, 15) is 9.59 Å². The van der Waals surface area contributed by atoms with Crippen molar-refractivity contribution in [3.8, 4) is 0 Å². The Hall–Kier alpha value is -2.56. The zero-order valence-corrected chi connectivity index (χ0v) is 15.4. The number of aliphatic carboxylic acids is 1. The van der Waals surface area contributed by atoms with Crippen LogP contribution < -0.4 is 5.32 Å². The van der Waals surface area contributed by atoms with Crippen LogP contribution in [0.25, 0.3) is 0 Å². The van der Waals surface area contributed by atoms with Crippen LogP contribution in [-0.4, -0.2) is 21.6 Å². The molecule has 1 aromatic carbocycles. The lowest BCUT2D eigenvalue weighted by Gasteiger charge is -2.26. The van der Waals surface area contributed by atoms with Crippen molar-refractivity contribution >= 4 is 17.6 Å². The Balaban J connectivity index is 1.79. The summed E-state index contributed by atoms with van der Waals surface area (Å²) in [6.45, 7) is 4.07. The lowest BCUT2D eigenvalue weighted by molar-refractivity contribution is -0.136. The third kappa shape index (κ3) is 3.98. The summed E-state index contributed by atoms with van der Waals surface area (Å²) in [5.41, 5.74) is 4.11. The molecule has 5 heteroatoms. The van der Waals surface area contributed by atoms with Crippen molar-refractivity contribution in [1.29, 1.82) is 0 Å². The summed E-state index contributed by atoms with van der Waals surface area (Å²) in [6.07, 6.45) is 6.10. The molecule has 0 bridgehead atoms. The van der Waals surface area contributed by atoms with Gasteiger partial charge in [-0.05, 0) is 50.5 Å². The van der Waals surface area contributed by atoms with E-state index in [1.165, 1.54) is 32.1 Å². The molecule has 1 saturated carbocycles. The smallest absolute Gasteiger partial charge is 0.307 e. The van der Waals surface area contributed by atoms with Gasteiger partial charge in [-0.3, -0.25) is 9.59 Å². The maximum Gasteiger partial charge on any atom is 0.307 e. The average molecular weight is 354 g/mol. The molecule has 0 atom stereocenters. The Morgan fingerprint density at radius 1 is 1.15 bits per heavy atom. The lowest BCUT2D eigenvalue weighted by Crippen LogP contribution is -2.17. The van der Waals surface area contributed by atoms with Gasteiger partial charge in [0.05, 0.1) is 12.0 Å². The quantitative estimate of drug-likeness (QED) is 0.831. The van der Waals surface area contributed by atoms with Gasteiger partial charge in [0.1, 0.15) is 0 Å². The number of hydrogen-bond acceptors (Lipinski definition) is 2. The molecule has 1 fully saturated rings. The fraction of sp³-hybridized carbons (Fsp3) is 0.429. The van der Waals surface area contributed by atoms with E-state index in [4.69, 9.17) is 5.11 Å². The maximum atomic E-state index is 12.8. The van der Waals surface area contributed by atoms with Gasteiger partial charge in [-0.1, -0.05) is 31.4 Å². The Kier molecular flexibility index (Phi) is 5.45. The van der Waals surface area contributed by atoms with Crippen LogP contribution in [0.1, 0.15) is 65.5 Å². The molecule has 1 aliphatic rings. The Morgan fingerprint density at radius 3 is 2.58 bits per heavy atom. The second kappa shape index (κ2) is 7.77. The first kappa shape index (κ1) is 18.2. The van der Waals surface area contributed by atoms with Gasteiger partial charge < -0.3 is 15.0 Å². The molecule has 0 unspecified atom stereocenters. The fourth-order valence-corrected chi connectivity index (χ4v) is 4.04. The molecule has 5 nitrogen and oxygen atoms in total. The number of amides is 1. The number of benzene rings is 1. The highest BCUT2D eigenvalue weighted by Crippen LogP contribution is 2.32. The van der Waals surface area contributed by atoms with E-state index in [0.717, 1.165) is 11.4 Å². The molecule has 2 N–H and O–H groups in total. The minimum Gasteiger partial charge on any atom is -0.481 e. The maximum absolute atomic E-state index is 12.8. The van der Waals surface area contributed by atoms with Gasteiger partial charge in [0.25, 0.3) is 5.91 Å². The molecule has 26 heavy (non-hydrogen) atoms. The molecule has 0 saturated heterocycles. The average Bonchev–Trinajstić information content (AvgIpc) is 2.90. The second-order valence-electron chi connectivity index (χ2n) is 7.17. The van der Waals surface area contributed by atoms with Crippen molar-refractivity contribution in [3.05, 3.63) is 52.8 Å². The first-order valence-electron chi connectivity index (χ1n) is 9.26. The van der Waals surface area contributed by atoms with E-state index in [1.54, 1.807) is 24.3 Å². The number of nitrogens with one attached hydrogen (secondary N) is 1. The van der Waals surface area contributed by atoms with Crippen molar-refractivity contribution in [2.75, 3.05) is 5.32 Å². The van der Waals surface area contributed by atoms with E-state index < -0.39 is 5.97 Å². The van der Waals surface area contributed by atoms with Gasteiger partial charge in [0.15, 0.2) is 0 Å². The minimum absolute atomic E-state index is 0.0557. The zero-order valence-electron chi connectivity index (χ0n) is 15.4. The molecular formula is C21H26N2O3. The highest BCUT2D eigenvalue weighted by molar-refractivity contribution is 6.05. The highest BCUT2D eigenvalue weighted by atomic mass is 16.4. The molecule has 1 heterocycles. The standard InChI is InChI=1S/C21H26N2O3/c1-14-11-19(15(2)23(14)18-9-4-3-5-10-18)21(26)22-17-8-6-7-16(12-17)13-20(24)25/h6-8,11-12,18H,3-5,9-10,13H2,1-2H3,(H,22,26)(H,24,25). The molecule has 138 valence electrons. The Bertz CT molecular complexity index is 817. The van der Waals surface area contributed by atoms with E-state index in [0.29, 0.717) is 22.9 Å². The number of rotatable bonds is 5. The molecule has 2 aromatic rings. The number of hydrogen-bond donors (Lipinski definition) is 2. The second-order valence-corrected chi connectivity index (χ2v) is 7.17. The van der Waals surface area contributed by atoms with Gasteiger partial charge in [-0.15, -0.1) is 0 Å². The number of aromatic nitrogens is 1. The normalized spacial score (nSPS) is 15.0. The summed E-state index contributed by atoms with van der Waals surface area (Å²) < 4.78 is 2.31. The van der Waals surface area contributed by atoms with Crippen LogP contribution in [0.4, 0.5) is 5.69 Å². The number of anilines is 1. The summed E-state index contributed by atoms with van der Waals surface area (Å²) in [6, 6.07) is 9.46. The van der Waals surface area contributed by atoms with E-state index >= 15 is 0 Å². The molecular weight excluding hydrogens is 328 g/mol. The summed E-state index contributed by atoms with van der Waals surface area (Å²) >= 11 is 0. The molecule has 3 rings (SSSR count). The minimum atomic E-state index is -0.885. The van der Waals surface area contributed by atoms with Gasteiger partial charge in [0, 0.05) is 23.1 Å². The largest absolute Gasteiger partial charge is 0.481 e. The van der Waals surface area contributed by atoms with Crippen molar-refractivity contribution in [3.63, 3.8) is 0 Å². The number of carbonyl (C=O) groups excluding carboxylic acids is 1. The van der Waals surface area contributed by atoms with Crippen molar-refractivity contribution in [2.24, 2.45) is 0 Å². The van der Waals surface area contributed by atoms with Crippen LogP contribution in [0.2, 0.25) is 0 Å². The summed E-state index contributed by atoms with van der Waals surface area (Å²) in [5, 5.41) is 11.8. The number of carboxylic acids is 1. The lowest BCUT2D eigenvalue weighted by atomic mass is 9.95. The number of nitrogens with zero attached hydrogens (tertiary/aromatic N) is 1. The van der Waals surface area contributed by atoms with Crippen LogP contribution in [0.3, 0.4) is 0 Å². The van der Waals surface area contributed by atoms with Gasteiger partial charge in [-0.2, -0.15) is 0 Å². The fourth-order valence-electron chi connectivity index (χ4n) is 4.04. The van der Waals surface area contributed by atoms with Gasteiger partial charge in [0.2, 0.25) is 0 Å². The number of carboxylic acid groups (broad SMARTS) is 1. The van der Waals surface area contributed by atoms with E-state index in [1.807, 2.05) is 13.0 Å². The summed E-state index contributed by atoms with van der Waals surface area (Å²) in [4.78, 5) is 23.6. The van der Waals surface area contributed by atoms with Crippen molar-refractivity contribution in [2.45, 2.75) is 58.4 Å². The third-order valence-electron chi connectivity index (χ3n) is 5.21. The van der Waals surface area contributed by atoms with Crippen LogP contribution in [0.15, 0.2) is 30.3 Å². The van der Waals surface area contributed by atoms with E-state index in [2.05, 4.69) is 16.8 Å². The molecule has 0 radical (unpaired) electrons. The number of aryl methyl sites for hydroxylation is 1. The highest BCUT2D eigenvalue weighted by Gasteiger charge is 2.22. The van der Waals surface area contributed by atoms with Crippen molar-refractivity contribution < 1.29 is 14.7 Å². The molecule has 0 aliphatic heterocycles. The first-order chi connectivity index (χ1) is 12.5. The number of carbonyl (C=O) groups is 2. The topological polar surface area (TPSA) is 71.3 Å². The van der Waals surface area contributed by atoms with Crippen LogP contribution >= 0.6 is 0 Å². The monoisotopic (exact) mass is 354 g/mol. The third-order valence-corrected chi connectivity index (χ3v) is 5.21. The first-order valence-corrected chi connectivity index (χ1v) is 9.26. The molecule has 0 spiro atoms. The summed E-state index contributed by atoms with van der Waals surface area (Å²) in [5.74, 6) is -1.03. The molecule has 1 amide bonds. The molecule has 1 aromatic heterocycles. The zero-order chi connectivity index (χ0) is 18.7. The Morgan fingerprint density at radius 2 is 1.88 bits per heavy atom. The predicted octanol–water partition coefficient (Wildman–Crippen LogP) is 4.49.